The van der Waals surface area contributed by atoms with Crippen LogP contribution in [0.3, 0.4) is 0 Å². The first-order valence-corrected chi connectivity index (χ1v) is 8.64. The normalized spacial score (nSPS) is 17.3. The van der Waals surface area contributed by atoms with Crippen LogP contribution in [0.15, 0.2) is 30.5 Å². The van der Waals surface area contributed by atoms with Gasteiger partial charge in [-0.05, 0) is 38.4 Å². The molecule has 0 bridgehead atoms. The van der Waals surface area contributed by atoms with E-state index in [2.05, 4.69) is 10.00 Å². The van der Waals surface area contributed by atoms with Gasteiger partial charge in [-0.3, -0.25) is 9.48 Å². The first-order chi connectivity index (χ1) is 12.0. The van der Waals surface area contributed by atoms with Crippen LogP contribution in [0.2, 0.25) is 5.02 Å². The van der Waals surface area contributed by atoms with Gasteiger partial charge in [0.05, 0.1) is 24.4 Å². The highest BCUT2D eigenvalue weighted by atomic mass is 35.5. The van der Waals surface area contributed by atoms with Gasteiger partial charge in [-0.2, -0.15) is 5.10 Å². The average Bonchev–Trinajstić information content (AvgIpc) is 2.92. The molecule has 0 N–H and O–H groups in total. The van der Waals surface area contributed by atoms with Crippen LogP contribution in [-0.2, 0) is 13.1 Å². The number of methoxy groups -OCH3 is 1. The number of carbonyl (C=O) groups excluding carboxylic acids is 1. The third-order valence-electron chi connectivity index (χ3n) is 4.38. The van der Waals surface area contributed by atoms with Gasteiger partial charge in [0, 0.05) is 37.3 Å². The van der Waals surface area contributed by atoms with Crippen molar-refractivity contribution < 1.29 is 9.53 Å². The molecule has 1 aliphatic rings. The Morgan fingerprint density at radius 1 is 1.36 bits per heavy atom. The van der Waals surface area contributed by atoms with E-state index in [1.54, 1.807) is 31.5 Å². The van der Waals surface area contributed by atoms with Crippen LogP contribution in [0.5, 0.6) is 5.75 Å². The van der Waals surface area contributed by atoms with Crippen LogP contribution in [0.4, 0.5) is 0 Å². The summed E-state index contributed by atoms with van der Waals surface area (Å²) in [5, 5.41) is 4.84. The minimum absolute atomic E-state index is 0.0250. The monoisotopic (exact) mass is 362 g/mol. The highest BCUT2D eigenvalue weighted by molar-refractivity contribution is 6.32. The molecule has 134 valence electrons. The maximum Gasteiger partial charge on any atom is 0.254 e. The van der Waals surface area contributed by atoms with E-state index in [0.717, 1.165) is 18.8 Å². The van der Waals surface area contributed by atoms with Crippen molar-refractivity contribution in [2.75, 3.05) is 34.3 Å². The minimum Gasteiger partial charge on any atom is -0.495 e. The van der Waals surface area contributed by atoms with E-state index in [1.165, 1.54) is 0 Å². The van der Waals surface area contributed by atoms with Crippen molar-refractivity contribution in [2.45, 2.75) is 13.1 Å². The van der Waals surface area contributed by atoms with Crippen LogP contribution >= 0.6 is 11.6 Å². The second-order valence-corrected chi connectivity index (χ2v) is 7.08. The van der Waals surface area contributed by atoms with Gasteiger partial charge in [-0.15, -0.1) is 0 Å². The van der Waals surface area contributed by atoms with Gasteiger partial charge in [0.25, 0.3) is 5.91 Å². The third-order valence-corrected chi connectivity index (χ3v) is 4.67. The van der Waals surface area contributed by atoms with Crippen LogP contribution in [0.1, 0.15) is 16.1 Å². The average molecular weight is 363 g/mol. The number of hydrogen-bond donors (Lipinski definition) is 0. The van der Waals surface area contributed by atoms with Crippen LogP contribution in [-0.4, -0.2) is 59.8 Å². The highest BCUT2D eigenvalue weighted by Crippen LogP contribution is 2.26. The van der Waals surface area contributed by atoms with Crippen molar-refractivity contribution in [3.8, 4) is 5.75 Å². The Morgan fingerprint density at radius 2 is 2.16 bits per heavy atom. The van der Waals surface area contributed by atoms with E-state index in [9.17, 15) is 4.79 Å². The Morgan fingerprint density at radius 3 is 2.84 bits per heavy atom. The van der Waals surface area contributed by atoms with Gasteiger partial charge in [-0.1, -0.05) is 11.6 Å². The molecule has 0 unspecified atom stereocenters. The van der Waals surface area contributed by atoms with Crippen molar-refractivity contribution in [2.24, 2.45) is 5.92 Å². The first-order valence-electron chi connectivity index (χ1n) is 8.26. The summed E-state index contributed by atoms with van der Waals surface area (Å²) in [6, 6.07) is 7.14. The fourth-order valence-electron chi connectivity index (χ4n) is 3.30. The molecule has 1 amide bonds. The van der Waals surface area contributed by atoms with Crippen molar-refractivity contribution in [3.05, 3.63) is 46.7 Å². The summed E-state index contributed by atoms with van der Waals surface area (Å²) in [4.78, 5) is 17.1. The zero-order chi connectivity index (χ0) is 18.0. The topological polar surface area (TPSA) is 50.6 Å². The fraction of sp³-hybridized carbons (Fsp3) is 0.444. The number of hydrogen-bond acceptors (Lipinski definition) is 4. The Hall–Kier alpha value is -2.05. The zero-order valence-electron chi connectivity index (χ0n) is 14.8. The molecule has 25 heavy (non-hydrogen) atoms. The van der Waals surface area contributed by atoms with E-state index in [-0.39, 0.29) is 5.91 Å². The largest absolute Gasteiger partial charge is 0.495 e. The molecule has 0 saturated heterocycles. The van der Waals surface area contributed by atoms with Gasteiger partial charge in [0.2, 0.25) is 0 Å². The number of carbonyl (C=O) groups is 1. The summed E-state index contributed by atoms with van der Waals surface area (Å²) in [5.41, 5.74) is 1.62. The molecule has 6 nitrogen and oxygen atoms in total. The molecule has 2 heterocycles. The number of rotatable bonds is 4. The van der Waals surface area contributed by atoms with Crippen molar-refractivity contribution in [1.29, 1.82) is 0 Å². The number of amides is 1. The fourth-order valence-corrected chi connectivity index (χ4v) is 3.56. The summed E-state index contributed by atoms with van der Waals surface area (Å²) in [5.74, 6) is 0.856. The number of nitrogens with zero attached hydrogens (tertiary/aromatic N) is 4. The van der Waals surface area contributed by atoms with Gasteiger partial charge < -0.3 is 14.5 Å². The predicted molar refractivity (Wildman–Crippen MR) is 97.0 cm³/mol. The first kappa shape index (κ1) is 17.8. The smallest absolute Gasteiger partial charge is 0.254 e. The van der Waals surface area contributed by atoms with Gasteiger partial charge in [0.1, 0.15) is 5.75 Å². The molecule has 0 radical (unpaired) electrons. The molecular weight excluding hydrogens is 340 g/mol. The summed E-state index contributed by atoms with van der Waals surface area (Å²) < 4.78 is 7.17. The quantitative estimate of drug-likeness (QED) is 0.838. The van der Waals surface area contributed by atoms with Gasteiger partial charge >= 0.3 is 0 Å². The summed E-state index contributed by atoms with van der Waals surface area (Å²) in [6.07, 6.45) is 1.79. The van der Waals surface area contributed by atoms with E-state index in [4.69, 9.17) is 16.3 Å². The molecule has 7 heteroatoms. The van der Waals surface area contributed by atoms with Crippen molar-refractivity contribution >= 4 is 17.5 Å². The van der Waals surface area contributed by atoms with Crippen molar-refractivity contribution in [3.63, 3.8) is 0 Å². The molecule has 0 aliphatic carbocycles. The summed E-state index contributed by atoms with van der Waals surface area (Å²) in [6.45, 7) is 2.94. The van der Waals surface area contributed by atoms with Gasteiger partial charge in [-0.25, -0.2) is 0 Å². The number of halogens is 1. The van der Waals surface area contributed by atoms with E-state index < -0.39 is 0 Å². The Bertz CT molecular complexity index is 759. The summed E-state index contributed by atoms with van der Waals surface area (Å²) in [7, 11) is 5.65. The molecule has 1 atom stereocenters. The molecule has 0 fully saturated rings. The zero-order valence-corrected chi connectivity index (χ0v) is 15.5. The second-order valence-electron chi connectivity index (χ2n) is 6.67. The lowest BCUT2D eigenvalue weighted by Gasteiger charge is -2.26. The maximum absolute atomic E-state index is 13.1. The molecule has 1 aliphatic heterocycles. The Kier molecular flexibility index (Phi) is 5.30. The molecule has 0 spiro atoms. The maximum atomic E-state index is 13.1. The molecular formula is C18H23ClN4O2. The lowest BCUT2D eigenvalue weighted by molar-refractivity contribution is 0.0711. The van der Waals surface area contributed by atoms with Crippen LogP contribution in [0, 0.1) is 5.92 Å². The van der Waals surface area contributed by atoms with E-state index in [1.807, 2.05) is 29.7 Å². The molecule has 3 rings (SSSR count). The number of benzene rings is 1. The molecule has 1 aromatic heterocycles. The number of aromatic nitrogens is 2. The standard InChI is InChI=1S/C18H23ClN4O2/c1-21(2)9-13-10-22(12-15-6-7-20-23(15)11-13)18(24)14-4-5-17(25-3)16(19)8-14/h4-8,13H,9-12H2,1-3H3/t13-/m0/s1. The molecule has 2 aromatic rings. The predicted octanol–water partition coefficient (Wildman–Crippen LogP) is 2.38. The molecule has 0 saturated carbocycles. The molecule has 1 aromatic carbocycles. The lowest BCUT2D eigenvalue weighted by Crippen LogP contribution is -2.37. The second kappa shape index (κ2) is 7.45. The lowest BCUT2D eigenvalue weighted by atomic mass is 10.1. The highest BCUT2D eigenvalue weighted by Gasteiger charge is 2.27. The number of ether oxygens (including phenoxy) is 1. The SMILES string of the molecule is COc1ccc(C(=O)N2Cc3ccnn3C[C@@H](CN(C)C)C2)cc1Cl. The Labute approximate surface area is 152 Å². The van der Waals surface area contributed by atoms with E-state index in [0.29, 0.717) is 35.3 Å². The minimum atomic E-state index is -0.0250. The van der Waals surface area contributed by atoms with E-state index >= 15 is 0 Å². The summed E-state index contributed by atoms with van der Waals surface area (Å²) >= 11 is 6.19. The Balaban J connectivity index is 1.86. The number of fused-ring (bicyclic) bond motifs is 1. The third kappa shape index (κ3) is 3.96. The van der Waals surface area contributed by atoms with Crippen LogP contribution in [0.25, 0.3) is 0 Å². The van der Waals surface area contributed by atoms with Gasteiger partial charge in [0.15, 0.2) is 0 Å². The van der Waals surface area contributed by atoms with Crippen LogP contribution < -0.4 is 4.74 Å². The van der Waals surface area contributed by atoms with Crippen molar-refractivity contribution in [1.82, 2.24) is 19.6 Å².